The van der Waals surface area contributed by atoms with Gasteiger partial charge in [-0.3, -0.25) is 9.36 Å². The van der Waals surface area contributed by atoms with Crippen molar-refractivity contribution in [3.8, 4) is 0 Å². The van der Waals surface area contributed by atoms with Crippen LogP contribution < -0.4 is 5.73 Å². The van der Waals surface area contributed by atoms with Crippen LogP contribution in [-0.4, -0.2) is 60.6 Å². The first-order chi connectivity index (χ1) is 11.0. The van der Waals surface area contributed by atoms with Gasteiger partial charge in [0.2, 0.25) is 0 Å². The Balaban J connectivity index is 1.82. The van der Waals surface area contributed by atoms with E-state index in [9.17, 15) is 15.0 Å². The number of ether oxygens (including phenoxy) is 2. The monoisotopic (exact) mass is 323 g/mol. The molecule has 0 aliphatic carbocycles. The number of imidazole rings is 1. The minimum atomic E-state index is -1.23. The van der Waals surface area contributed by atoms with Gasteiger partial charge in [0.05, 0.1) is 6.33 Å². The van der Waals surface area contributed by atoms with E-state index in [2.05, 4.69) is 15.0 Å². The second kappa shape index (κ2) is 6.07. The van der Waals surface area contributed by atoms with Crippen molar-refractivity contribution >= 4 is 23.0 Å². The molecule has 1 aliphatic rings. The highest BCUT2D eigenvalue weighted by molar-refractivity contribution is 5.81. The molecule has 0 saturated carbocycles. The fraction of sp³-hybridized carbons (Fsp3) is 0.538. The van der Waals surface area contributed by atoms with Gasteiger partial charge in [-0.1, -0.05) is 6.92 Å². The largest absolute Gasteiger partial charge is 0.463 e. The normalized spacial score (nSPS) is 27.4. The van der Waals surface area contributed by atoms with Crippen molar-refractivity contribution in [3.05, 3.63) is 12.7 Å². The van der Waals surface area contributed by atoms with Crippen molar-refractivity contribution < 1.29 is 24.5 Å². The lowest BCUT2D eigenvalue weighted by Crippen LogP contribution is -2.34. The Hall–Kier alpha value is -2.30. The van der Waals surface area contributed by atoms with Gasteiger partial charge in [-0.15, -0.1) is 0 Å². The maximum absolute atomic E-state index is 11.2. The van der Waals surface area contributed by atoms with Gasteiger partial charge in [0.25, 0.3) is 0 Å². The number of carbonyl (C=O) groups excluding carboxylic acids is 1. The molecule has 124 valence electrons. The number of hydrogen-bond acceptors (Lipinski definition) is 9. The van der Waals surface area contributed by atoms with Crippen LogP contribution in [0, 0.1) is 0 Å². The molecule has 1 fully saturated rings. The van der Waals surface area contributed by atoms with Gasteiger partial charge >= 0.3 is 5.97 Å². The van der Waals surface area contributed by atoms with E-state index in [0.29, 0.717) is 11.2 Å². The minimum absolute atomic E-state index is 0.148. The Morgan fingerprint density at radius 2 is 2.17 bits per heavy atom. The third kappa shape index (κ3) is 2.71. The molecule has 0 aromatic carbocycles. The summed E-state index contributed by atoms with van der Waals surface area (Å²) in [6.45, 7) is 1.51. The topological polar surface area (TPSA) is 146 Å². The Labute approximate surface area is 130 Å². The molecule has 2 aromatic heterocycles. The fourth-order valence-corrected chi connectivity index (χ4v) is 2.43. The summed E-state index contributed by atoms with van der Waals surface area (Å²) in [6, 6.07) is 0. The summed E-state index contributed by atoms with van der Waals surface area (Å²) >= 11 is 0. The van der Waals surface area contributed by atoms with Crippen LogP contribution in [0.25, 0.3) is 11.2 Å². The summed E-state index contributed by atoms with van der Waals surface area (Å²) in [4.78, 5) is 23.2. The molecule has 23 heavy (non-hydrogen) atoms. The standard InChI is InChI=1S/C13H17N5O5/c1-2-7(19)22-3-6-9(20)10(21)13(23-6)18-5-17-8-11(14)15-4-16-12(8)18/h4-6,9-10,13,20-21H,2-3H2,1H3,(H2,14,15,16)/t6-,9-,10+,13-/m1/s1. The SMILES string of the molecule is CCC(=O)OC[C@H]1O[C@@H](n2cnc3c(N)ncnc32)[C@@H](O)[C@@H]1O. The second-order valence-corrected chi connectivity index (χ2v) is 5.17. The number of esters is 1. The zero-order chi connectivity index (χ0) is 16.6. The summed E-state index contributed by atoms with van der Waals surface area (Å²) < 4.78 is 12.0. The lowest BCUT2D eigenvalue weighted by Gasteiger charge is -2.16. The highest BCUT2D eigenvalue weighted by Gasteiger charge is 2.44. The predicted octanol–water partition coefficient (Wildman–Crippen LogP) is -1.02. The first-order valence-electron chi connectivity index (χ1n) is 7.13. The predicted molar refractivity (Wildman–Crippen MR) is 76.9 cm³/mol. The summed E-state index contributed by atoms with van der Waals surface area (Å²) in [5.74, 6) is -0.206. The first-order valence-corrected chi connectivity index (χ1v) is 7.13. The van der Waals surface area contributed by atoms with E-state index in [1.165, 1.54) is 17.2 Å². The van der Waals surface area contributed by atoms with Gasteiger partial charge in [0.1, 0.15) is 36.8 Å². The van der Waals surface area contributed by atoms with Crippen LogP contribution in [0.15, 0.2) is 12.7 Å². The minimum Gasteiger partial charge on any atom is -0.463 e. The number of nitrogens with zero attached hydrogens (tertiary/aromatic N) is 4. The molecule has 0 amide bonds. The van der Waals surface area contributed by atoms with Crippen molar-refractivity contribution in [1.82, 2.24) is 19.5 Å². The van der Waals surface area contributed by atoms with Gasteiger partial charge in [0.15, 0.2) is 17.7 Å². The van der Waals surface area contributed by atoms with E-state index in [4.69, 9.17) is 15.2 Å². The number of aromatic nitrogens is 4. The third-order valence-corrected chi connectivity index (χ3v) is 3.70. The molecule has 3 rings (SSSR count). The molecule has 0 spiro atoms. The molecule has 0 radical (unpaired) electrons. The average molecular weight is 323 g/mol. The molecule has 3 heterocycles. The van der Waals surface area contributed by atoms with Crippen LogP contribution in [0.2, 0.25) is 0 Å². The van der Waals surface area contributed by atoms with E-state index in [0.717, 1.165) is 0 Å². The van der Waals surface area contributed by atoms with Gasteiger partial charge in [-0.25, -0.2) is 15.0 Å². The number of anilines is 1. The lowest BCUT2D eigenvalue weighted by atomic mass is 10.1. The van der Waals surface area contributed by atoms with E-state index in [1.807, 2.05) is 0 Å². The summed E-state index contributed by atoms with van der Waals surface area (Å²) in [6.07, 6.45) is -1.31. The van der Waals surface area contributed by atoms with Crippen molar-refractivity contribution in [1.29, 1.82) is 0 Å². The number of fused-ring (bicyclic) bond motifs is 1. The molecule has 10 nitrogen and oxygen atoms in total. The van der Waals surface area contributed by atoms with Crippen molar-refractivity contribution in [3.63, 3.8) is 0 Å². The summed E-state index contributed by atoms with van der Waals surface area (Å²) in [5.41, 5.74) is 6.47. The van der Waals surface area contributed by atoms with Crippen LogP contribution in [-0.2, 0) is 14.3 Å². The van der Waals surface area contributed by atoms with Crippen LogP contribution >= 0.6 is 0 Å². The number of rotatable bonds is 4. The molecule has 2 aromatic rings. The molecular formula is C13H17N5O5. The van der Waals surface area contributed by atoms with E-state index in [1.54, 1.807) is 6.92 Å². The number of nitrogens with two attached hydrogens (primary N) is 1. The Kier molecular flexibility index (Phi) is 4.11. The summed E-state index contributed by atoms with van der Waals surface area (Å²) in [7, 11) is 0. The number of hydrogen-bond donors (Lipinski definition) is 3. The summed E-state index contributed by atoms with van der Waals surface area (Å²) in [5, 5.41) is 20.3. The lowest BCUT2D eigenvalue weighted by molar-refractivity contribution is -0.149. The van der Waals surface area contributed by atoms with E-state index >= 15 is 0 Å². The molecule has 10 heteroatoms. The van der Waals surface area contributed by atoms with E-state index < -0.39 is 30.5 Å². The fourth-order valence-electron chi connectivity index (χ4n) is 2.43. The Morgan fingerprint density at radius 3 is 2.91 bits per heavy atom. The quantitative estimate of drug-likeness (QED) is 0.602. The zero-order valence-corrected chi connectivity index (χ0v) is 12.4. The van der Waals surface area contributed by atoms with Crippen LogP contribution in [0.4, 0.5) is 5.82 Å². The first kappa shape index (κ1) is 15.6. The number of nitrogen functional groups attached to an aromatic ring is 1. The zero-order valence-electron chi connectivity index (χ0n) is 12.4. The Morgan fingerprint density at radius 1 is 1.39 bits per heavy atom. The smallest absolute Gasteiger partial charge is 0.305 e. The maximum atomic E-state index is 11.2. The van der Waals surface area contributed by atoms with Gasteiger partial charge < -0.3 is 25.4 Å². The third-order valence-electron chi connectivity index (χ3n) is 3.70. The molecule has 1 saturated heterocycles. The Bertz CT molecular complexity index is 720. The van der Waals surface area contributed by atoms with Crippen LogP contribution in [0.5, 0.6) is 0 Å². The second-order valence-electron chi connectivity index (χ2n) is 5.17. The van der Waals surface area contributed by atoms with Gasteiger partial charge in [0, 0.05) is 6.42 Å². The number of carbonyl (C=O) groups is 1. The molecule has 1 aliphatic heterocycles. The molecule has 0 unspecified atom stereocenters. The molecule has 4 atom stereocenters. The average Bonchev–Trinajstić information content (AvgIpc) is 3.09. The van der Waals surface area contributed by atoms with Crippen molar-refractivity contribution in [2.24, 2.45) is 0 Å². The highest BCUT2D eigenvalue weighted by Crippen LogP contribution is 2.32. The van der Waals surface area contributed by atoms with Gasteiger partial charge in [-0.2, -0.15) is 0 Å². The highest BCUT2D eigenvalue weighted by atomic mass is 16.6. The van der Waals surface area contributed by atoms with E-state index in [-0.39, 0.29) is 18.8 Å². The van der Waals surface area contributed by atoms with Gasteiger partial charge in [-0.05, 0) is 0 Å². The maximum Gasteiger partial charge on any atom is 0.305 e. The molecule has 4 N–H and O–H groups in total. The molecule has 0 bridgehead atoms. The number of aliphatic hydroxyl groups excluding tert-OH is 2. The van der Waals surface area contributed by atoms with Crippen LogP contribution in [0.1, 0.15) is 19.6 Å². The van der Waals surface area contributed by atoms with Crippen molar-refractivity contribution in [2.75, 3.05) is 12.3 Å². The van der Waals surface area contributed by atoms with Crippen LogP contribution in [0.3, 0.4) is 0 Å². The molecular weight excluding hydrogens is 306 g/mol. The van der Waals surface area contributed by atoms with Crippen molar-refractivity contribution in [2.45, 2.75) is 37.9 Å². The number of aliphatic hydroxyl groups is 2.